The van der Waals surface area contributed by atoms with Crippen molar-refractivity contribution in [2.45, 2.75) is 85.2 Å². The summed E-state index contributed by atoms with van der Waals surface area (Å²) in [7, 11) is 0. The molecule has 0 heterocycles. The third-order valence-electron chi connectivity index (χ3n) is 8.52. The molecule has 22 heavy (non-hydrogen) atoms. The van der Waals surface area contributed by atoms with Crippen molar-refractivity contribution in [2.24, 2.45) is 34.0 Å². The van der Waals surface area contributed by atoms with E-state index in [1.807, 2.05) is 6.92 Å². The first-order valence-corrected chi connectivity index (χ1v) is 9.41. The first-order valence-electron chi connectivity index (χ1n) is 9.41. The second kappa shape index (κ2) is 4.96. The smallest absolute Gasteiger partial charge is 0.0650 e. The van der Waals surface area contributed by atoms with E-state index in [1.54, 1.807) is 0 Å². The Morgan fingerprint density at radius 1 is 1.00 bits per heavy atom. The molecule has 7 atom stereocenters. The molecule has 2 N–H and O–H groups in total. The van der Waals surface area contributed by atoms with Crippen molar-refractivity contribution in [3.63, 3.8) is 0 Å². The number of hydrogen-bond acceptors (Lipinski definition) is 2. The largest absolute Gasteiger partial charge is 0.396 e. The second-order valence-electron chi connectivity index (χ2n) is 10.1. The minimum atomic E-state index is -0.511. The van der Waals surface area contributed by atoms with Gasteiger partial charge >= 0.3 is 0 Å². The van der Waals surface area contributed by atoms with E-state index in [4.69, 9.17) is 0 Å². The van der Waals surface area contributed by atoms with E-state index < -0.39 is 5.60 Å². The van der Waals surface area contributed by atoms with Crippen LogP contribution in [0.3, 0.4) is 0 Å². The molecule has 0 spiro atoms. The van der Waals surface area contributed by atoms with Crippen LogP contribution in [0.15, 0.2) is 0 Å². The first-order chi connectivity index (χ1) is 10.1. The molecule has 0 saturated heterocycles. The molecule has 2 nitrogen and oxygen atoms in total. The number of hydrogen-bond donors (Lipinski definition) is 2. The number of rotatable bonds is 1. The van der Waals surface area contributed by atoms with Crippen LogP contribution in [-0.2, 0) is 0 Å². The molecule has 0 aromatic rings. The van der Waals surface area contributed by atoms with Crippen LogP contribution in [0.1, 0.15) is 79.6 Å². The van der Waals surface area contributed by atoms with Gasteiger partial charge < -0.3 is 10.2 Å². The van der Waals surface area contributed by atoms with Crippen molar-refractivity contribution in [3.05, 3.63) is 0 Å². The van der Waals surface area contributed by atoms with Crippen LogP contribution in [0, 0.1) is 34.0 Å². The van der Waals surface area contributed by atoms with E-state index in [-0.39, 0.29) is 10.8 Å². The van der Waals surface area contributed by atoms with Gasteiger partial charge in [0.05, 0.1) is 5.60 Å². The van der Waals surface area contributed by atoms with E-state index >= 15 is 0 Å². The third-order valence-corrected chi connectivity index (χ3v) is 8.52. The summed E-state index contributed by atoms with van der Waals surface area (Å²) in [5, 5.41) is 20.9. The average Bonchev–Trinajstić information content (AvgIpc) is 2.41. The Bertz CT molecular complexity index is 445. The molecule has 3 aliphatic rings. The highest BCUT2D eigenvalue weighted by molar-refractivity contribution is 5.11. The van der Waals surface area contributed by atoms with Gasteiger partial charge in [-0.15, -0.1) is 0 Å². The lowest BCUT2D eigenvalue weighted by Crippen LogP contribution is -2.61. The quantitative estimate of drug-likeness (QED) is 0.754. The number of aliphatic hydroxyl groups is 2. The van der Waals surface area contributed by atoms with Gasteiger partial charge in [0.1, 0.15) is 0 Å². The van der Waals surface area contributed by atoms with Gasteiger partial charge in [-0.3, -0.25) is 0 Å². The highest BCUT2D eigenvalue weighted by atomic mass is 16.3. The summed E-state index contributed by atoms with van der Waals surface area (Å²) in [4.78, 5) is 0. The average molecular weight is 309 g/mol. The number of fused-ring (bicyclic) bond motifs is 3. The lowest BCUT2D eigenvalue weighted by atomic mass is 9.39. The maximum Gasteiger partial charge on any atom is 0.0650 e. The van der Waals surface area contributed by atoms with Crippen molar-refractivity contribution in [1.29, 1.82) is 0 Å². The van der Waals surface area contributed by atoms with E-state index in [1.165, 1.54) is 32.1 Å². The van der Waals surface area contributed by atoms with Crippen molar-refractivity contribution in [3.8, 4) is 0 Å². The van der Waals surface area contributed by atoms with Crippen LogP contribution < -0.4 is 0 Å². The monoisotopic (exact) mass is 308 g/mol. The fourth-order valence-electron chi connectivity index (χ4n) is 7.11. The molecular formula is C20H36O2. The molecule has 2 heteroatoms. The molecule has 0 aromatic carbocycles. The van der Waals surface area contributed by atoms with Crippen LogP contribution in [0.5, 0.6) is 0 Å². The Kier molecular flexibility index (Phi) is 3.78. The van der Waals surface area contributed by atoms with Crippen LogP contribution >= 0.6 is 0 Å². The molecular weight excluding hydrogens is 272 g/mol. The fraction of sp³-hybridized carbons (Fsp3) is 1.00. The predicted octanol–water partition coefficient (Wildman–Crippen LogP) is 4.39. The lowest BCUT2D eigenvalue weighted by molar-refractivity contribution is -0.199. The highest BCUT2D eigenvalue weighted by Crippen LogP contribution is 2.68. The van der Waals surface area contributed by atoms with E-state index in [9.17, 15) is 10.2 Å². The molecule has 0 bridgehead atoms. The molecule has 0 aliphatic heterocycles. The summed E-state index contributed by atoms with van der Waals surface area (Å²) >= 11 is 0. The zero-order chi connectivity index (χ0) is 16.4. The third kappa shape index (κ3) is 2.20. The molecule has 0 unspecified atom stereocenters. The summed E-state index contributed by atoms with van der Waals surface area (Å²) in [6, 6.07) is 0. The van der Waals surface area contributed by atoms with Gasteiger partial charge in [-0.25, -0.2) is 0 Å². The van der Waals surface area contributed by atoms with Crippen LogP contribution in [0.4, 0.5) is 0 Å². The Hall–Kier alpha value is -0.0800. The van der Waals surface area contributed by atoms with Crippen LogP contribution in [0.2, 0.25) is 0 Å². The zero-order valence-corrected chi connectivity index (χ0v) is 15.3. The molecule has 3 saturated carbocycles. The summed E-state index contributed by atoms with van der Waals surface area (Å²) in [5.41, 5.74) is 0.212. The first kappa shape index (κ1) is 16.8. The van der Waals surface area contributed by atoms with Crippen molar-refractivity contribution in [1.82, 2.24) is 0 Å². The Balaban J connectivity index is 1.98. The standard InChI is InChI=1S/C20H36O2/c1-14-11-16-17(2,12-20(14,5)22)10-7-15-18(3,13-21)8-6-9-19(15,16)4/h14-16,21-22H,6-13H2,1-5H3/t14-,15+,16+,17+,18-,19+,20-/m0/s1. The summed E-state index contributed by atoms with van der Waals surface area (Å²) in [5.74, 6) is 1.72. The van der Waals surface area contributed by atoms with E-state index in [0.717, 1.165) is 12.8 Å². The van der Waals surface area contributed by atoms with Crippen LogP contribution in [0.25, 0.3) is 0 Å². The van der Waals surface area contributed by atoms with Crippen LogP contribution in [-0.4, -0.2) is 22.4 Å². The van der Waals surface area contributed by atoms with Gasteiger partial charge in [-0.1, -0.05) is 34.1 Å². The highest BCUT2D eigenvalue weighted by Gasteiger charge is 2.62. The number of aliphatic hydroxyl groups excluding tert-OH is 1. The van der Waals surface area contributed by atoms with Gasteiger partial charge in [0.25, 0.3) is 0 Å². The Morgan fingerprint density at radius 2 is 1.68 bits per heavy atom. The summed E-state index contributed by atoms with van der Waals surface area (Å²) < 4.78 is 0. The zero-order valence-electron chi connectivity index (χ0n) is 15.3. The maximum atomic E-state index is 10.8. The topological polar surface area (TPSA) is 40.5 Å². The van der Waals surface area contributed by atoms with Gasteiger partial charge in [0.2, 0.25) is 0 Å². The molecule has 3 rings (SSSR count). The van der Waals surface area contributed by atoms with E-state index in [0.29, 0.717) is 29.8 Å². The minimum absolute atomic E-state index is 0.109. The van der Waals surface area contributed by atoms with Crippen molar-refractivity contribution >= 4 is 0 Å². The van der Waals surface area contributed by atoms with Gasteiger partial charge in [0, 0.05) is 6.61 Å². The Morgan fingerprint density at radius 3 is 2.32 bits per heavy atom. The summed E-state index contributed by atoms with van der Waals surface area (Å²) in [6.07, 6.45) is 8.29. The normalized spacial score (nSPS) is 58.8. The SMILES string of the molecule is C[C@H]1C[C@@H]2[C@](C)(CC[C@@H]3[C@](C)(CO)CCC[C@]32C)C[C@]1(C)O. The molecule has 0 radical (unpaired) electrons. The second-order valence-corrected chi connectivity index (χ2v) is 10.1. The Labute approximate surface area is 136 Å². The van der Waals surface area contributed by atoms with E-state index in [2.05, 4.69) is 27.7 Å². The fourth-order valence-corrected chi connectivity index (χ4v) is 7.11. The maximum absolute atomic E-state index is 10.8. The molecule has 128 valence electrons. The van der Waals surface area contributed by atoms with Crippen molar-refractivity contribution < 1.29 is 10.2 Å². The molecule has 3 aliphatic carbocycles. The molecule has 0 amide bonds. The summed E-state index contributed by atoms with van der Waals surface area (Å²) in [6.45, 7) is 11.9. The molecule has 0 aromatic heterocycles. The minimum Gasteiger partial charge on any atom is -0.396 e. The molecule has 3 fully saturated rings. The predicted molar refractivity (Wildman–Crippen MR) is 90.5 cm³/mol. The van der Waals surface area contributed by atoms with Gasteiger partial charge in [-0.05, 0) is 79.4 Å². The van der Waals surface area contributed by atoms with Gasteiger partial charge in [0.15, 0.2) is 0 Å². The van der Waals surface area contributed by atoms with Gasteiger partial charge in [-0.2, -0.15) is 0 Å². The van der Waals surface area contributed by atoms with Crippen molar-refractivity contribution in [2.75, 3.05) is 6.61 Å². The lowest BCUT2D eigenvalue weighted by Gasteiger charge is -2.66.